The maximum absolute atomic E-state index is 5.27. The maximum atomic E-state index is 5.27. The molecule has 1 rings (SSSR count). The van der Waals surface area contributed by atoms with Crippen molar-refractivity contribution in [1.82, 2.24) is 10.2 Å². The third kappa shape index (κ3) is 5.51. The van der Waals surface area contributed by atoms with E-state index in [0.29, 0.717) is 12.0 Å². The first-order chi connectivity index (χ1) is 8.93. The van der Waals surface area contributed by atoms with Crippen molar-refractivity contribution in [1.29, 1.82) is 0 Å². The maximum Gasteiger partial charge on any atom is 0.119 e. The fourth-order valence-electron chi connectivity index (χ4n) is 1.96. The van der Waals surface area contributed by atoms with E-state index < -0.39 is 0 Å². The molecular weight excluding hydrogens is 304 g/mol. The average molecular weight is 329 g/mol. The summed E-state index contributed by atoms with van der Waals surface area (Å²) < 4.78 is 6.39. The average Bonchev–Trinajstić information content (AvgIpc) is 2.35. The Morgan fingerprint density at radius 3 is 2.53 bits per heavy atom. The molecule has 0 aliphatic heterocycles. The fraction of sp³-hybridized carbons (Fsp3) is 0.600. The van der Waals surface area contributed by atoms with Crippen LogP contribution in [0.15, 0.2) is 22.7 Å². The highest BCUT2D eigenvalue weighted by molar-refractivity contribution is 9.10. The number of methoxy groups -OCH3 is 1. The van der Waals surface area contributed by atoms with Gasteiger partial charge in [0.25, 0.3) is 0 Å². The zero-order valence-corrected chi connectivity index (χ0v) is 14.1. The third-order valence-electron chi connectivity index (χ3n) is 3.17. The minimum absolute atomic E-state index is 0.480. The fourth-order valence-corrected chi connectivity index (χ4v) is 2.35. The molecule has 1 unspecified atom stereocenters. The molecule has 4 heteroatoms. The molecule has 0 aliphatic rings. The van der Waals surface area contributed by atoms with Crippen LogP contribution in [-0.4, -0.2) is 38.7 Å². The van der Waals surface area contributed by atoms with Crippen LogP contribution in [0.25, 0.3) is 0 Å². The summed E-state index contributed by atoms with van der Waals surface area (Å²) in [6, 6.07) is 6.55. The number of nitrogens with zero attached hydrogens (tertiary/aromatic N) is 1. The van der Waals surface area contributed by atoms with E-state index in [1.54, 1.807) is 7.11 Å². The Hall–Kier alpha value is -0.580. The molecule has 0 amide bonds. The van der Waals surface area contributed by atoms with E-state index in [9.17, 15) is 0 Å². The SMILES string of the molecule is COc1ccc(Br)c(CNC(CN(C)C)C(C)C)c1. The second kappa shape index (κ2) is 7.88. The van der Waals surface area contributed by atoms with Crippen LogP contribution in [0.3, 0.4) is 0 Å². The molecule has 0 radical (unpaired) electrons. The Labute approximate surface area is 125 Å². The van der Waals surface area contributed by atoms with E-state index in [4.69, 9.17) is 4.74 Å². The van der Waals surface area contributed by atoms with Gasteiger partial charge in [-0.05, 0) is 43.8 Å². The number of benzene rings is 1. The first kappa shape index (κ1) is 16.5. The van der Waals surface area contributed by atoms with Crippen molar-refractivity contribution in [2.45, 2.75) is 26.4 Å². The van der Waals surface area contributed by atoms with Gasteiger partial charge < -0.3 is 15.0 Å². The quantitative estimate of drug-likeness (QED) is 0.832. The number of halogens is 1. The highest BCUT2D eigenvalue weighted by Gasteiger charge is 2.14. The number of rotatable bonds is 7. The van der Waals surface area contributed by atoms with Crippen molar-refractivity contribution in [2.75, 3.05) is 27.7 Å². The van der Waals surface area contributed by atoms with Gasteiger partial charge in [-0.3, -0.25) is 0 Å². The van der Waals surface area contributed by atoms with Gasteiger partial charge >= 0.3 is 0 Å². The van der Waals surface area contributed by atoms with E-state index >= 15 is 0 Å². The molecule has 1 atom stereocenters. The molecule has 0 saturated carbocycles. The lowest BCUT2D eigenvalue weighted by molar-refractivity contribution is 0.288. The zero-order chi connectivity index (χ0) is 14.4. The van der Waals surface area contributed by atoms with Crippen LogP contribution in [0.5, 0.6) is 5.75 Å². The first-order valence-electron chi connectivity index (χ1n) is 6.64. The van der Waals surface area contributed by atoms with Crippen LogP contribution in [0, 0.1) is 5.92 Å². The molecule has 0 saturated heterocycles. The van der Waals surface area contributed by atoms with Gasteiger partial charge in [-0.25, -0.2) is 0 Å². The molecular formula is C15H25BrN2O. The smallest absolute Gasteiger partial charge is 0.119 e. The Morgan fingerprint density at radius 2 is 2.00 bits per heavy atom. The number of likely N-dealkylation sites (N-methyl/N-ethyl adjacent to an activating group) is 1. The molecule has 1 N–H and O–H groups in total. The van der Waals surface area contributed by atoms with Gasteiger partial charge in [0.2, 0.25) is 0 Å². The Balaban J connectivity index is 2.68. The summed E-state index contributed by atoms with van der Waals surface area (Å²) in [5.41, 5.74) is 1.23. The molecule has 1 aromatic rings. The molecule has 0 fully saturated rings. The Bertz CT molecular complexity index is 394. The van der Waals surface area contributed by atoms with Crippen molar-refractivity contribution in [3.05, 3.63) is 28.2 Å². The summed E-state index contributed by atoms with van der Waals surface area (Å²) in [6.45, 7) is 6.39. The second-order valence-electron chi connectivity index (χ2n) is 5.45. The molecule has 0 aliphatic carbocycles. The molecule has 3 nitrogen and oxygen atoms in total. The van der Waals surface area contributed by atoms with Gasteiger partial charge in [0.05, 0.1) is 7.11 Å². The molecule has 108 valence electrons. The highest BCUT2D eigenvalue weighted by Crippen LogP contribution is 2.22. The number of ether oxygens (including phenoxy) is 1. The monoisotopic (exact) mass is 328 g/mol. The van der Waals surface area contributed by atoms with E-state index in [2.05, 4.69) is 60.2 Å². The van der Waals surface area contributed by atoms with Crippen LogP contribution in [-0.2, 0) is 6.54 Å². The molecule has 0 bridgehead atoms. The van der Waals surface area contributed by atoms with E-state index in [0.717, 1.165) is 23.3 Å². The van der Waals surface area contributed by atoms with E-state index in [1.807, 2.05) is 12.1 Å². The number of hydrogen-bond acceptors (Lipinski definition) is 3. The predicted octanol–water partition coefficient (Wildman–Crippen LogP) is 3.13. The van der Waals surface area contributed by atoms with E-state index in [-0.39, 0.29) is 0 Å². The lowest BCUT2D eigenvalue weighted by atomic mass is 10.0. The summed E-state index contributed by atoms with van der Waals surface area (Å²) in [7, 11) is 5.92. The van der Waals surface area contributed by atoms with Crippen LogP contribution < -0.4 is 10.1 Å². The molecule has 19 heavy (non-hydrogen) atoms. The lowest BCUT2D eigenvalue weighted by Gasteiger charge is -2.26. The van der Waals surface area contributed by atoms with Crippen LogP contribution >= 0.6 is 15.9 Å². The standard InChI is InChI=1S/C15H25BrN2O/c1-11(2)15(10-18(3)4)17-9-12-8-13(19-5)6-7-14(12)16/h6-8,11,15,17H,9-10H2,1-5H3. The third-order valence-corrected chi connectivity index (χ3v) is 3.95. The van der Waals surface area contributed by atoms with Crippen molar-refractivity contribution < 1.29 is 4.74 Å². The van der Waals surface area contributed by atoms with Gasteiger partial charge in [0.15, 0.2) is 0 Å². The van der Waals surface area contributed by atoms with Gasteiger partial charge in [0, 0.05) is 23.6 Å². The topological polar surface area (TPSA) is 24.5 Å². The van der Waals surface area contributed by atoms with Gasteiger partial charge in [0.1, 0.15) is 5.75 Å². The van der Waals surface area contributed by atoms with Gasteiger partial charge in [-0.15, -0.1) is 0 Å². The van der Waals surface area contributed by atoms with Crippen LogP contribution in [0.1, 0.15) is 19.4 Å². The molecule has 1 aromatic carbocycles. The normalized spacial score (nSPS) is 13.1. The summed E-state index contributed by atoms with van der Waals surface area (Å²) in [6.07, 6.45) is 0. The van der Waals surface area contributed by atoms with Crippen molar-refractivity contribution in [2.24, 2.45) is 5.92 Å². The predicted molar refractivity (Wildman–Crippen MR) is 84.7 cm³/mol. The minimum Gasteiger partial charge on any atom is -0.497 e. The molecule has 0 spiro atoms. The number of nitrogens with one attached hydrogen (secondary N) is 1. The summed E-state index contributed by atoms with van der Waals surface area (Å²) >= 11 is 3.59. The van der Waals surface area contributed by atoms with Crippen molar-refractivity contribution in [3.63, 3.8) is 0 Å². The summed E-state index contributed by atoms with van der Waals surface area (Å²) in [5.74, 6) is 1.50. The summed E-state index contributed by atoms with van der Waals surface area (Å²) in [5, 5.41) is 3.63. The highest BCUT2D eigenvalue weighted by atomic mass is 79.9. The van der Waals surface area contributed by atoms with Crippen molar-refractivity contribution in [3.8, 4) is 5.75 Å². The summed E-state index contributed by atoms with van der Waals surface area (Å²) in [4.78, 5) is 2.22. The second-order valence-corrected chi connectivity index (χ2v) is 6.31. The van der Waals surface area contributed by atoms with Gasteiger partial charge in [-0.2, -0.15) is 0 Å². The largest absolute Gasteiger partial charge is 0.497 e. The van der Waals surface area contributed by atoms with Crippen molar-refractivity contribution >= 4 is 15.9 Å². The van der Waals surface area contributed by atoms with Gasteiger partial charge in [-0.1, -0.05) is 29.8 Å². The first-order valence-corrected chi connectivity index (χ1v) is 7.44. The minimum atomic E-state index is 0.480. The Morgan fingerprint density at radius 1 is 1.32 bits per heavy atom. The van der Waals surface area contributed by atoms with Crippen LogP contribution in [0.2, 0.25) is 0 Å². The zero-order valence-electron chi connectivity index (χ0n) is 12.5. The molecule has 0 aromatic heterocycles. The van der Waals surface area contributed by atoms with Crippen LogP contribution in [0.4, 0.5) is 0 Å². The lowest BCUT2D eigenvalue weighted by Crippen LogP contribution is -2.41. The molecule has 0 heterocycles. The van der Waals surface area contributed by atoms with E-state index in [1.165, 1.54) is 5.56 Å². The number of hydrogen-bond donors (Lipinski definition) is 1. The Kier molecular flexibility index (Phi) is 6.83.